The molecule has 40 heavy (non-hydrogen) atoms. The Labute approximate surface area is 234 Å². The Hall–Kier alpha value is -3.95. The van der Waals surface area contributed by atoms with Gasteiger partial charge in [-0.2, -0.15) is 0 Å². The van der Waals surface area contributed by atoms with Gasteiger partial charge in [0.15, 0.2) is 0 Å². The average Bonchev–Trinajstić information content (AvgIpc) is 3.39. The molecule has 0 bridgehead atoms. The quantitative estimate of drug-likeness (QED) is 0.345. The fourth-order valence-electron chi connectivity index (χ4n) is 5.83. The minimum absolute atomic E-state index is 0.105. The molecule has 0 unspecified atom stereocenters. The van der Waals surface area contributed by atoms with Crippen molar-refractivity contribution in [2.75, 3.05) is 38.6 Å². The topological polar surface area (TPSA) is 108 Å². The van der Waals surface area contributed by atoms with E-state index in [4.69, 9.17) is 15.2 Å². The van der Waals surface area contributed by atoms with Crippen LogP contribution < -0.4 is 15.8 Å². The molecule has 1 aliphatic heterocycles. The van der Waals surface area contributed by atoms with E-state index < -0.39 is 0 Å². The first-order valence-electron chi connectivity index (χ1n) is 14.1. The van der Waals surface area contributed by atoms with E-state index in [0.29, 0.717) is 32.2 Å². The lowest BCUT2D eigenvalue weighted by Gasteiger charge is -2.31. The summed E-state index contributed by atoms with van der Waals surface area (Å²) in [5.41, 5.74) is 10.4. The molecular weight excluding hydrogens is 504 g/mol. The van der Waals surface area contributed by atoms with Crippen molar-refractivity contribution in [3.8, 4) is 16.9 Å². The van der Waals surface area contributed by atoms with Gasteiger partial charge in [0.2, 0.25) is 5.91 Å². The number of nitrogens with zero attached hydrogens (tertiary/aromatic N) is 4. The van der Waals surface area contributed by atoms with E-state index in [1.807, 2.05) is 30.3 Å². The van der Waals surface area contributed by atoms with Crippen LogP contribution in [0.4, 0.5) is 5.82 Å². The lowest BCUT2D eigenvalue weighted by Crippen LogP contribution is -2.46. The van der Waals surface area contributed by atoms with Gasteiger partial charge in [-0.1, -0.05) is 42.5 Å². The zero-order chi connectivity index (χ0) is 27.3. The number of rotatable bonds is 8. The molecule has 1 saturated heterocycles. The number of hydrogen-bond donors (Lipinski definition) is 2. The SMILES string of the molecule is Nc1ncnc2c1c(-c1cccc(OCc3ccccc3)c1)cn2[C@H]1CC[C@@H](NC(=O)CN2CCOCC2)CC1. The number of benzene rings is 2. The number of nitrogens with two attached hydrogens (primary N) is 1. The lowest BCUT2D eigenvalue weighted by atomic mass is 9.91. The summed E-state index contributed by atoms with van der Waals surface area (Å²) in [5.74, 6) is 1.37. The highest BCUT2D eigenvalue weighted by Crippen LogP contribution is 2.39. The van der Waals surface area contributed by atoms with E-state index >= 15 is 0 Å². The Morgan fingerprint density at radius 3 is 2.62 bits per heavy atom. The zero-order valence-corrected chi connectivity index (χ0v) is 22.7. The Morgan fingerprint density at radius 2 is 1.82 bits per heavy atom. The van der Waals surface area contributed by atoms with Gasteiger partial charge in [0.05, 0.1) is 25.1 Å². The van der Waals surface area contributed by atoms with E-state index in [0.717, 1.165) is 72.2 Å². The molecular formula is C31H36N6O3. The summed E-state index contributed by atoms with van der Waals surface area (Å²) < 4.78 is 13.7. The Morgan fingerprint density at radius 1 is 1.02 bits per heavy atom. The van der Waals surface area contributed by atoms with Crippen LogP contribution in [0.3, 0.4) is 0 Å². The van der Waals surface area contributed by atoms with E-state index in [2.05, 4.69) is 55.2 Å². The predicted octanol–water partition coefficient (Wildman–Crippen LogP) is 4.19. The molecule has 9 heteroatoms. The van der Waals surface area contributed by atoms with Crippen LogP contribution in [0.2, 0.25) is 0 Å². The first-order chi connectivity index (χ1) is 19.6. The van der Waals surface area contributed by atoms with Crippen molar-refractivity contribution in [2.24, 2.45) is 0 Å². The van der Waals surface area contributed by atoms with E-state index in [1.165, 1.54) is 6.33 Å². The number of morpholine rings is 1. The fraction of sp³-hybridized carbons (Fsp3) is 0.387. The van der Waals surface area contributed by atoms with Crippen molar-refractivity contribution < 1.29 is 14.3 Å². The number of nitrogens with one attached hydrogen (secondary N) is 1. The maximum Gasteiger partial charge on any atom is 0.234 e. The summed E-state index contributed by atoms with van der Waals surface area (Å²) >= 11 is 0. The Kier molecular flexibility index (Phi) is 7.92. The summed E-state index contributed by atoms with van der Waals surface area (Å²) in [6, 6.07) is 18.7. The molecule has 208 valence electrons. The summed E-state index contributed by atoms with van der Waals surface area (Å²) in [6.07, 6.45) is 7.46. The van der Waals surface area contributed by atoms with Crippen molar-refractivity contribution >= 4 is 22.8 Å². The number of hydrogen-bond acceptors (Lipinski definition) is 7. The molecule has 3 N–H and O–H groups in total. The third-order valence-electron chi connectivity index (χ3n) is 7.96. The highest BCUT2D eigenvalue weighted by Gasteiger charge is 2.27. The van der Waals surface area contributed by atoms with Gasteiger partial charge in [-0.15, -0.1) is 0 Å². The molecule has 2 fully saturated rings. The van der Waals surface area contributed by atoms with Gasteiger partial charge in [-0.25, -0.2) is 9.97 Å². The van der Waals surface area contributed by atoms with Gasteiger partial charge in [0.25, 0.3) is 0 Å². The highest BCUT2D eigenvalue weighted by molar-refractivity contribution is 6.00. The van der Waals surface area contributed by atoms with Gasteiger partial charge in [0.1, 0.15) is 30.1 Å². The van der Waals surface area contributed by atoms with Crippen LogP contribution in [0.15, 0.2) is 67.1 Å². The van der Waals surface area contributed by atoms with Crippen LogP contribution in [0.25, 0.3) is 22.2 Å². The van der Waals surface area contributed by atoms with Crippen LogP contribution in [0.1, 0.15) is 37.3 Å². The molecule has 1 saturated carbocycles. The van der Waals surface area contributed by atoms with Crippen LogP contribution in [-0.4, -0.2) is 64.2 Å². The van der Waals surface area contributed by atoms with Gasteiger partial charge in [-0.3, -0.25) is 9.69 Å². The second kappa shape index (κ2) is 12.1. The van der Waals surface area contributed by atoms with Crippen LogP contribution >= 0.6 is 0 Å². The third kappa shape index (κ3) is 5.95. The largest absolute Gasteiger partial charge is 0.489 e. The zero-order valence-electron chi connectivity index (χ0n) is 22.7. The first kappa shape index (κ1) is 26.3. The number of nitrogen functional groups attached to an aromatic ring is 1. The number of aromatic nitrogens is 3. The molecule has 0 spiro atoms. The van der Waals surface area contributed by atoms with Gasteiger partial charge < -0.3 is 25.1 Å². The molecule has 0 atom stereocenters. The third-order valence-corrected chi connectivity index (χ3v) is 7.96. The van der Waals surface area contributed by atoms with Crippen molar-refractivity contribution in [1.29, 1.82) is 0 Å². The van der Waals surface area contributed by atoms with Crippen LogP contribution in [0, 0.1) is 0 Å². The maximum absolute atomic E-state index is 12.6. The molecule has 2 aromatic heterocycles. The first-order valence-corrected chi connectivity index (χ1v) is 14.1. The molecule has 9 nitrogen and oxygen atoms in total. The normalized spacial score (nSPS) is 19.9. The summed E-state index contributed by atoms with van der Waals surface area (Å²) in [4.78, 5) is 23.7. The van der Waals surface area contributed by atoms with Crippen molar-refractivity contribution in [3.63, 3.8) is 0 Å². The van der Waals surface area contributed by atoms with E-state index in [1.54, 1.807) is 0 Å². The average molecular weight is 541 g/mol. The standard InChI is InChI=1S/C31H36N6O3/c32-30-29-27(23-7-4-8-26(17-23)40-20-22-5-2-1-3-6-22)18-37(31(29)34-21-33-30)25-11-9-24(10-12-25)35-28(38)19-36-13-15-39-16-14-36/h1-8,17-18,21,24-25H,9-16,19-20H2,(H,35,38)(H2,32,33,34)/t24-,25+. The maximum atomic E-state index is 12.6. The van der Waals surface area contributed by atoms with E-state index in [-0.39, 0.29) is 18.0 Å². The molecule has 1 aliphatic carbocycles. The highest BCUT2D eigenvalue weighted by atomic mass is 16.5. The van der Waals surface area contributed by atoms with Gasteiger partial charge in [0, 0.05) is 36.9 Å². The molecule has 4 aromatic rings. The molecule has 1 amide bonds. The number of amides is 1. The van der Waals surface area contributed by atoms with Crippen molar-refractivity contribution in [3.05, 3.63) is 72.7 Å². The predicted molar refractivity (Wildman–Crippen MR) is 155 cm³/mol. The minimum atomic E-state index is 0.105. The number of carbonyl (C=O) groups is 1. The summed E-state index contributed by atoms with van der Waals surface area (Å²) in [7, 11) is 0. The van der Waals surface area contributed by atoms with Crippen molar-refractivity contribution in [2.45, 2.75) is 44.4 Å². The number of carbonyl (C=O) groups excluding carboxylic acids is 1. The number of anilines is 1. The molecule has 2 aliphatic rings. The number of ether oxygens (including phenoxy) is 2. The van der Waals surface area contributed by atoms with Crippen LogP contribution in [0.5, 0.6) is 5.75 Å². The molecule has 6 rings (SSSR count). The second-order valence-corrected chi connectivity index (χ2v) is 10.7. The summed E-state index contributed by atoms with van der Waals surface area (Å²) in [6.45, 7) is 3.98. The molecule has 0 radical (unpaired) electrons. The van der Waals surface area contributed by atoms with Crippen molar-refractivity contribution in [1.82, 2.24) is 24.8 Å². The number of fused-ring (bicyclic) bond motifs is 1. The van der Waals surface area contributed by atoms with Gasteiger partial charge >= 0.3 is 0 Å². The molecule has 3 heterocycles. The fourth-order valence-corrected chi connectivity index (χ4v) is 5.83. The smallest absolute Gasteiger partial charge is 0.234 e. The Bertz CT molecular complexity index is 1440. The summed E-state index contributed by atoms with van der Waals surface area (Å²) in [5, 5.41) is 4.12. The van der Waals surface area contributed by atoms with Gasteiger partial charge in [-0.05, 0) is 48.9 Å². The second-order valence-electron chi connectivity index (χ2n) is 10.7. The monoisotopic (exact) mass is 540 g/mol. The van der Waals surface area contributed by atoms with E-state index in [9.17, 15) is 4.79 Å². The lowest BCUT2D eigenvalue weighted by molar-refractivity contribution is -0.124. The molecule has 2 aromatic carbocycles. The minimum Gasteiger partial charge on any atom is -0.489 e. The van der Waals surface area contributed by atoms with Crippen LogP contribution in [-0.2, 0) is 16.1 Å². The Balaban J connectivity index is 1.16.